The predicted molar refractivity (Wildman–Crippen MR) is 68.3 cm³/mol. The number of anilines is 1. The van der Waals surface area contributed by atoms with Crippen LogP contribution >= 0.6 is 11.6 Å². The summed E-state index contributed by atoms with van der Waals surface area (Å²) in [6.45, 7) is 1.47. The van der Waals surface area contributed by atoms with Gasteiger partial charge < -0.3 is 16.0 Å². The van der Waals surface area contributed by atoms with Crippen molar-refractivity contribution in [3.63, 3.8) is 0 Å². The molecule has 18 heavy (non-hydrogen) atoms. The summed E-state index contributed by atoms with van der Waals surface area (Å²) in [6, 6.07) is 6.54. The number of quaternary nitrogens is 1. The van der Waals surface area contributed by atoms with Crippen LogP contribution in [0.1, 0.15) is 6.42 Å². The summed E-state index contributed by atoms with van der Waals surface area (Å²) in [4.78, 5) is 23.3. The van der Waals surface area contributed by atoms with Crippen molar-refractivity contribution in [3.8, 4) is 0 Å². The highest BCUT2D eigenvalue weighted by Gasteiger charge is 2.27. The Morgan fingerprint density at radius 1 is 1.44 bits per heavy atom. The van der Waals surface area contributed by atoms with Crippen LogP contribution in [0.15, 0.2) is 24.3 Å². The lowest BCUT2D eigenvalue weighted by Gasteiger charge is -2.19. The highest BCUT2D eigenvalue weighted by atomic mass is 35.5. The SMILES string of the molecule is O=C(C[C@@H]1[NH2+]CCNC1=O)Nc1ccc(Cl)cc1. The van der Waals surface area contributed by atoms with Gasteiger partial charge in [0.25, 0.3) is 5.91 Å². The van der Waals surface area contributed by atoms with Gasteiger partial charge >= 0.3 is 0 Å². The molecule has 5 nitrogen and oxygen atoms in total. The minimum absolute atomic E-state index is 0.0764. The second-order valence-electron chi connectivity index (χ2n) is 4.18. The average molecular weight is 269 g/mol. The van der Waals surface area contributed by atoms with E-state index in [4.69, 9.17) is 11.6 Å². The summed E-state index contributed by atoms with van der Waals surface area (Å²) in [5.41, 5.74) is 0.681. The molecule has 1 heterocycles. The molecule has 2 rings (SSSR count). The van der Waals surface area contributed by atoms with Gasteiger partial charge in [0, 0.05) is 10.7 Å². The van der Waals surface area contributed by atoms with Crippen molar-refractivity contribution in [2.45, 2.75) is 12.5 Å². The Labute approximate surface area is 110 Å². The van der Waals surface area contributed by atoms with Crippen molar-refractivity contribution >= 4 is 29.1 Å². The fourth-order valence-electron chi connectivity index (χ4n) is 1.84. The van der Waals surface area contributed by atoms with Crippen LogP contribution in [0.25, 0.3) is 0 Å². The number of hydrogen-bond acceptors (Lipinski definition) is 2. The van der Waals surface area contributed by atoms with Crippen LogP contribution in [0.5, 0.6) is 0 Å². The summed E-state index contributed by atoms with van der Waals surface area (Å²) in [6.07, 6.45) is 0.175. The minimum atomic E-state index is -0.328. The molecule has 0 aromatic heterocycles. The zero-order valence-electron chi connectivity index (χ0n) is 9.78. The summed E-state index contributed by atoms with van der Waals surface area (Å²) in [5, 5.41) is 7.99. The number of halogens is 1. The normalized spacial score (nSPS) is 19.2. The second-order valence-corrected chi connectivity index (χ2v) is 4.62. The summed E-state index contributed by atoms with van der Waals surface area (Å²) in [7, 11) is 0. The first-order valence-electron chi connectivity index (χ1n) is 5.81. The van der Waals surface area contributed by atoms with Crippen molar-refractivity contribution < 1.29 is 14.9 Å². The van der Waals surface area contributed by atoms with E-state index in [0.717, 1.165) is 6.54 Å². The number of amides is 2. The first kappa shape index (κ1) is 12.9. The fraction of sp³-hybridized carbons (Fsp3) is 0.333. The Balaban J connectivity index is 1.88. The minimum Gasteiger partial charge on any atom is -0.345 e. The summed E-state index contributed by atoms with van der Waals surface area (Å²) >= 11 is 5.75. The topological polar surface area (TPSA) is 74.8 Å². The number of benzene rings is 1. The van der Waals surface area contributed by atoms with Gasteiger partial charge in [-0.15, -0.1) is 0 Å². The molecule has 1 atom stereocenters. The van der Waals surface area contributed by atoms with E-state index in [0.29, 0.717) is 17.3 Å². The van der Waals surface area contributed by atoms with Crippen LogP contribution in [-0.2, 0) is 9.59 Å². The first-order valence-corrected chi connectivity index (χ1v) is 6.19. The lowest BCUT2D eigenvalue weighted by Crippen LogP contribution is -2.96. The lowest BCUT2D eigenvalue weighted by molar-refractivity contribution is -0.678. The van der Waals surface area contributed by atoms with Crippen LogP contribution in [0.2, 0.25) is 5.02 Å². The first-order chi connectivity index (χ1) is 8.65. The average Bonchev–Trinajstić information content (AvgIpc) is 2.35. The number of hydrogen-bond donors (Lipinski definition) is 3. The molecular formula is C12H15ClN3O2+. The Morgan fingerprint density at radius 2 is 2.17 bits per heavy atom. The van der Waals surface area contributed by atoms with Crippen LogP contribution in [0.3, 0.4) is 0 Å². The smallest absolute Gasteiger partial charge is 0.278 e. The van der Waals surface area contributed by atoms with Crippen LogP contribution in [0, 0.1) is 0 Å². The van der Waals surface area contributed by atoms with E-state index in [1.165, 1.54) is 0 Å². The molecule has 96 valence electrons. The molecule has 1 aliphatic rings. The number of nitrogens with two attached hydrogens (primary N) is 1. The lowest BCUT2D eigenvalue weighted by atomic mass is 10.1. The molecule has 1 saturated heterocycles. The number of carbonyl (C=O) groups excluding carboxylic acids is 2. The molecule has 0 unspecified atom stereocenters. The number of piperazine rings is 1. The maximum atomic E-state index is 11.8. The van der Waals surface area contributed by atoms with E-state index in [1.807, 2.05) is 5.32 Å². The Hall–Kier alpha value is -1.59. The molecule has 1 aliphatic heterocycles. The maximum absolute atomic E-state index is 11.8. The van der Waals surface area contributed by atoms with E-state index in [2.05, 4.69) is 10.6 Å². The molecule has 1 aromatic carbocycles. The molecule has 0 bridgehead atoms. The third kappa shape index (κ3) is 3.45. The molecule has 4 N–H and O–H groups in total. The van der Waals surface area contributed by atoms with Crippen molar-refractivity contribution in [3.05, 3.63) is 29.3 Å². The Bertz CT molecular complexity index is 447. The van der Waals surface area contributed by atoms with Crippen LogP contribution in [-0.4, -0.2) is 30.9 Å². The van der Waals surface area contributed by atoms with E-state index in [-0.39, 0.29) is 24.3 Å². The molecular weight excluding hydrogens is 254 g/mol. The summed E-state index contributed by atoms with van der Waals surface area (Å²) in [5.74, 6) is -0.247. The van der Waals surface area contributed by atoms with E-state index >= 15 is 0 Å². The van der Waals surface area contributed by atoms with Gasteiger partial charge in [-0.3, -0.25) is 9.59 Å². The number of rotatable bonds is 3. The molecule has 0 spiro atoms. The van der Waals surface area contributed by atoms with Crippen LogP contribution < -0.4 is 16.0 Å². The third-order valence-electron chi connectivity index (χ3n) is 2.76. The largest absolute Gasteiger partial charge is 0.345 e. The van der Waals surface area contributed by atoms with Gasteiger partial charge in [0.05, 0.1) is 19.5 Å². The highest BCUT2D eigenvalue weighted by molar-refractivity contribution is 6.30. The number of carbonyl (C=O) groups is 2. The number of nitrogens with one attached hydrogen (secondary N) is 2. The molecule has 6 heteroatoms. The summed E-state index contributed by atoms with van der Waals surface area (Å²) < 4.78 is 0. The van der Waals surface area contributed by atoms with Crippen LogP contribution in [0.4, 0.5) is 5.69 Å². The molecule has 0 saturated carbocycles. The van der Waals surface area contributed by atoms with Gasteiger partial charge in [0.2, 0.25) is 5.91 Å². The van der Waals surface area contributed by atoms with Crippen molar-refractivity contribution in [2.75, 3.05) is 18.4 Å². The van der Waals surface area contributed by atoms with Gasteiger partial charge in [-0.25, -0.2) is 0 Å². The zero-order valence-corrected chi connectivity index (χ0v) is 10.5. The van der Waals surface area contributed by atoms with E-state index in [9.17, 15) is 9.59 Å². The van der Waals surface area contributed by atoms with Gasteiger partial charge in [-0.05, 0) is 24.3 Å². The maximum Gasteiger partial charge on any atom is 0.278 e. The molecule has 2 amide bonds. The van der Waals surface area contributed by atoms with E-state index in [1.54, 1.807) is 24.3 Å². The molecule has 1 fully saturated rings. The molecule has 0 radical (unpaired) electrons. The Morgan fingerprint density at radius 3 is 2.83 bits per heavy atom. The van der Waals surface area contributed by atoms with Crippen molar-refractivity contribution in [1.29, 1.82) is 0 Å². The third-order valence-corrected chi connectivity index (χ3v) is 3.02. The Kier molecular flexibility index (Phi) is 4.17. The predicted octanol–water partition coefficient (Wildman–Crippen LogP) is -0.270. The quantitative estimate of drug-likeness (QED) is 0.706. The van der Waals surface area contributed by atoms with Gasteiger partial charge in [0.15, 0.2) is 6.04 Å². The molecule has 0 aliphatic carbocycles. The fourth-order valence-corrected chi connectivity index (χ4v) is 1.97. The van der Waals surface area contributed by atoms with Gasteiger partial charge in [0.1, 0.15) is 0 Å². The second kappa shape index (κ2) is 5.84. The highest BCUT2D eigenvalue weighted by Crippen LogP contribution is 2.13. The van der Waals surface area contributed by atoms with Crippen molar-refractivity contribution in [1.82, 2.24) is 5.32 Å². The standard InChI is InChI=1S/C12H14ClN3O2/c13-8-1-3-9(4-2-8)16-11(17)7-10-12(18)15-6-5-14-10/h1-4,10,14H,5-7H2,(H,15,18)(H,16,17)/p+1/t10-/m0/s1. The van der Waals surface area contributed by atoms with Gasteiger partial charge in [-0.1, -0.05) is 11.6 Å². The van der Waals surface area contributed by atoms with E-state index < -0.39 is 0 Å². The molecule has 1 aromatic rings. The van der Waals surface area contributed by atoms with Crippen molar-refractivity contribution in [2.24, 2.45) is 0 Å². The van der Waals surface area contributed by atoms with Gasteiger partial charge in [-0.2, -0.15) is 0 Å². The monoisotopic (exact) mass is 268 g/mol. The zero-order chi connectivity index (χ0) is 13.0.